The molecule has 0 aliphatic carbocycles. The molecular weight excluding hydrogens is 498 g/mol. The van der Waals surface area contributed by atoms with Crippen molar-refractivity contribution < 1.29 is 22.4 Å². The van der Waals surface area contributed by atoms with E-state index in [1.165, 1.54) is 18.3 Å². The van der Waals surface area contributed by atoms with Gasteiger partial charge in [0.15, 0.2) is 0 Å². The lowest BCUT2D eigenvalue weighted by atomic mass is 10.3. The van der Waals surface area contributed by atoms with Crippen molar-refractivity contribution in [3.05, 3.63) is 76.7 Å². The zero-order valence-electron chi connectivity index (χ0n) is 17.5. The molecule has 0 saturated carbocycles. The molecule has 32 heavy (non-hydrogen) atoms. The van der Waals surface area contributed by atoms with Crippen molar-refractivity contribution in [3.8, 4) is 5.75 Å². The number of hydrogen-bond acceptors (Lipinski definition) is 6. The fraction of sp³-hybridized carbons (Fsp3) is 0.182. The molecule has 1 aromatic heterocycles. The minimum absolute atomic E-state index is 0.0542. The Hall–Kier alpha value is -3.11. The van der Waals surface area contributed by atoms with Crippen LogP contribution in [-0.4, -0.2) is 33.7 Å². The van der Waals surface area contributed by atoms with Crippen LogP contribution in [0.5, 0.6) is 5.75 Å². The Kier molecular flexibility index (Phi) is 7.70. The van der Waals surface area contributed by atoms with Crippen molar-refractivity contribution in [3.63, 3.8) is 0 Å². The van der Waals surface area contributed by atoms with Gasteiger partial charge in [-0.1, -0.05) is 30.3 Å². The lowest BCUT2D eigenvalue weighted by molar-refractivity contribution is -0.119. The van der Waals surface area contributed by atoms with Crippen LogP contribution in [0.15, 0.2) is 79.6 Å². The molecule has 10 heteroatoms. The minimum atomic E-state index is -4.05. The number of para-hydroxylation sites is 2. The second kappa shape index (κ2) is 10.5. The van der Waals surface area contributed by atoms with E-state index in [0.29, 0.717) is 23.9 Å². The molecule has 0 unspecified atom stereocenters. The molecule has 3 aromatic rings. The summed E-state index contributed by atoms with van der Waals surface area (Å²) in [6, 6.07) is 16.3. The maximum atomic E-state index is 13.4. The topological polar surface area (TPSA) is 101 Å². The molecule has 0 fully saturated rings. The molecule has 0 bridgehead atoms. The standard InChI is InChI=1S/C22H22BrN3O5S/c1-3-30-21-12-8-7-11-20(21)26(32(28,29)18-9-5-4-6-10-18)15-22(27)25-24-14-17-13-19(23)16(2)31-17/h4-14H,3,15H2,1-2H3,(H,25,27)/b24-14-. The van der Waals surface area contributed by atoms with Gasteiger partial charge in [-0.2, -0.15) is 5.10 Å². The number of ether oxygens (including phenoxy) is 1. The number of nitrogens with one attached hydrogen (secondary N) is 1. The highest BCUT2D eigenvalue weighted by Crippen LogP contribution is 2.32. The molecule has 168 valence electrons. The normalized spacial score (nSPS) is 11.5. The van der Waals surface area contributed by atoms with E-state index in [4.69, 9.17) is 9.15 Å². The molecular formula is C22H22BrN3O5S. The first-order chi connectivity index (χ1) is 15.3. The maximum absolute atomic E-state index is 13.4. The van der Waals surface area contributed by atoms with Crippen LogP contribution in [-0.2, 0) is 14.8 Å². The molecule has 0 saturated heterocycles. The highest BCUT2D eigenvalue weighted by molar-refractivity contribution is 9.10. The van der Waals surface area contributed by atoms with Gasteiger partial charge in [0.05, 0.1) is 27.9 Å². The molecule has 0 atom stereocenters. The van der Waals surface area contributed by atoms with Crippen molar-refractivity contribution in [2.75, 3.05) is 17.5 Å². The summed E-state index contributed by atoms with van der Waals surface area (Å²) in [7, 11) is -4.05. The summed E-state index contributed by atoms with van der Waals surface area (Å²) >= 11 is 3.33. The Morgan fingerprint density at radius 2 is 1.88 bits per heavy atom. The second-order valence-electron chi connectivity index (χ2n) is 6.57. The SMILES string of the molecule is CCOc1ccccc1N(CC(=O)N/N=C\c1cc(Br)c(C)o1)S(=O)(=O)c1ccccc1. The molecule has 0 aliphatic heterocycles. The Labute approximate surface area is 195 Å². The zero-order valence-corrected chi connectivity index (χ0v) is 19.9. The van der Waals surface area contributed by atoms with Gasteiger partial charge in [0.1, 0.15) is 23.8 Å². The van der Waals surface area contributed by atoms with Gasteiger partial charge in [-0.15, -0.1) is 0 Å². The number of aryl methyl sites for hydroxylation is 1. The van der Waals surface area contributed by atoms with E-state index >= 15 is 0 Å². The number of carbonyl (C=O) groups is 1. The fourth-order valence-corrected chi connectivity index (χ4v) is 4.60. The van der Waals surface area contributed by atoms with Gasteiger partial charge in [0.25, 0.3) is 15.9 Å². The van der Waals surface area contributed by atoms with Crippen molar-refractivity contribution in [1.82, 2.24) is 5.43 Å². The summed E-state index contributed by atoms with van der Waals surface area (Å²) in [4.78, 5) is 12.7. The molecule has 0 aliphatic rings. The Morgan fingerprint density at radius 1 is 1.19 bits per heavy atom. The first-order valence-corrected chi connectivity index (χ1v) is 11.9. The largest absolute Gasteiger partial charge is 0.492 e. The van der Waals surface area contributed by atoms with Crippen LogP contribution in [0.1, 0.15) is 18.4 Å². The number of benzene rings is 2. The lowest BCUT2D eigenvalue weighted by Gasteiger charge is -2.25. The summed E-state index contributed by atoms with van der Waals surface area (Å²) in [5.74, 6) is 0.826. The molecule has 1 amide bonds. The van der Waals surface area contributed by atoms with Crippen molar-refractivity contribution in [1.29, 1.82) is 0 Å². The van der Waals surface area contributed by atoms with Gasteiger partial charge in [0, 0.05) is 6.07 Å². The highest BCUT2D eigenvalue weighted by atomic mass is 79.9. The van der Waals surface area contributed by atoms with E-state index in [1.807, 2.05) is 0 Å². The first kappa shape index (κ1) is 23.6. The number of hydrazone groups is 1. The van der Waals surface area contributed by atoms with Crippen LogP contribution in [0, 0.1) is 6.92 Å². The quantitative estimate of drug-likeness (QED) is 0.338. The van der Waals surface area contributed by atoms with E-state index in [2.05, 4.69) is 26.5 Å². The van der Waals surface area contributed by atoms with E-state index in [1.54, 1.807) is 62.4 Å². The van der Waals surface area contributed by atoms with Crippen molar-refractivity contribution in [2.45, 2.75) is 18.7 Å². The highest BCUT2D eigenvalue weighted by Gasteiger charge is 2.29. The Bertz CT molecular complexity index is 1190. The van der Waals surface area contributed by atoms with Crippen LogP contribution in [0.2, 0.25) is 0 Å². The third-order valence-electron chi connectivity index (χ3n) is 4.31. The number of sulfonamides is 1. The summed E-state index contributed by atoms with van der Waals surface area (Å²) < 4.78 is 39.6. The van der Waals surface area contributed by atoms with E-state index < -0.39 is 22.5 Å². The number of hydrogen-bond donors (Lipinski definition) is 1. The van der Waals surface area contributed by atoms with Crippen LogP contribution in [0.4, 0.5) is 5.69 Å². The first-order valence-electron chi connectivity index (χ1n) is 9.70. The Balaban J connectivity index is 1.88. The van der Waals surface area contributed by atoms with Gasteiger partial charge in [-0.25, -0.2) is 13.8 Å². The number of rotatable bonds is 9. The second-order valence-corrected chi connectivity index (χ2v) is 9.29. The van der Waals surface area contributed by atoms with E-state index in [9.17, 15) is 13.2 Å². The van der Waals surface area contributed by atoms with Gasteiger partial charge in [0.2, 0.25) is 0 Å². The van der Waals surface area contributed by atoms with Crippen molar-refractivity contribution >= 4 is 43.8 Å². The maximum Gasteiger partial charge on any atom is 0.264 e. The van der Waals surface area contributed by atoms with Gasteiger partial charge >= 0.3 is 0 Å². The molecule has 8 nitrogen and oxygen atoms in total. The number of halogens is 1. The smallest absolute Gasteiger partial charge is 0.264 e. The predicted molar refractivity (Wildman–Crippen MR) is 125 cm³/mol. The fourth-order valence-electron chi connectivity index (χ4n) is 2.84. The molecule has 2 aromatic carbocycles. The summed E-state index contributed by atoms with van der Waals surface area (Å²) in [5.41, 5.74) is 2.60. The minimum Gasteiger partial charge on any atom is -0.492 e. The molecule has 0 spiro atoms. The van der Waals surface area contributed by atoms with Gasteiger partial charge in [-0.3, -0.25) is 9.10 Å². The van der Waals surface area contributed by atoms with Crippen LogP contribution < -0.4 is 14.5 Å². The van der Waals surface area contributed by atoms with Crippen LogP contribution in [0.3, 0.4) is 0 Å². The van der Waals surface area contributed by atoms with E-state index in [0.717, 1.165) is 8.78 Å². The van der Waals surface area contributed by atoms with Crippen LogP contribution >= 0.6 is 15.9 Å². The molecule has 3 rings (SSSR count). The lowest BCUT2D eigenvalue weighted by Crippen LogP contribution is -2.39. The number of amides is 1. The van der Waals surface area contributed by atoms with Crippen LogP contribution in [0.25, 0.3) is 0 Å². The predicted octanol–water partition coefficient (Wildman–Crippen LogP) is 4.09. The van der Waals surface area contributed by atoms with Gasteiger partial charge in [-0.05, 0) is 54.0 Å². The summed E-state index contributed by atoms with van der Waals surface area (Å²) in [6.07, 6.45) is 1.33. The third-order valence-corrected chi connectivity index (χ3v) is 6.87. The number of anilines is 1. The number of nitrogens with zero attached hydrogens (tertiary/aromatic N) is 2. The molecule has 0 radical (unpaired) electrons. The summed E-state index contributed by atoms with van der Waals surface area (Å²) in [5, 5.41) is 3.86. The summed E-state index contributed by atoms with van der Waals surface area (Å²) in [6.45, 7) is 3.41. The Morgan fingerprint density at radius 3 is 2.53 bits per heavy atom. The average Bonchev–Trinajstić information content (AvgIpc) is 3.10. The number of furan rings is 1. The van der Waals surface area contributed by atoms with Crippen molar-refractivity contribution in [2.24, 2.45) is 5.10 Å². The third kappa shape index (κ3) is 5.57. The van der Waals surface area contributed by atoms with Gasteiger partial charge < -0.3 is 9.15 Å². The molecule has 1 N–H and O–H groups in total. The molecule has 1 heterocycles. The number of carbonyl (C=O) groups excluding carboxylic acids is 1. The zero-order chi connectivity index (χ0) is 23.1. The monoisotopic (exact) mass is 519 g/mol. The average molecular weight is 520 g/mol. The van der Waals surface area contributed by atoms with E-state index in [-0.39, 0.29) is 10.6 Å².